The van der Waals surface area contributed by atoms with Gasteiger partial charge < -0.3 is 5.32 Å². The second-order valence-electron chi connectivity index (χ2n) is 4.45. The van der Waals surface area contributed by atoms with Gasteiger partial charge in [0.25, 0.3) is 0 Å². The second-order valence-corrected chi connectivity index (χ2v) is 5.29. The van der Waals surface area contributed by atoms with E-state index in [0.29, 0.717) is 15.9 Å². The lowest BCUT2D eigenvalue weighted by atomic mass is 10.1. The summed E-state index contributed by atoms with van der Waals surface area (Å²) in [6.45, 7) is 4.22. The molecule has 2 nitrogen and oxygen atoms in total. The molecule has 4 heteroatoms. The maximum Gasteiger partial charge on any atom is 0.145 e. The fourth-order valence-corrected chi connectivity index (χ4v) is 2.29. The number of halogens is 2. The third-order valence-electron chi connectivity index (χ3n) is 3.05. The molecule has 0 aliphatic heterocycles. The highest BCUT2D eigenvalue weighted by atomic mass is 35.5. The fourth-order valence-electron chi connectivity index (χ4n) is 1.85. The van der Waals surface area contributed by atoms with Crippen molar-refractivity contribution in [2.75, 3.05) is 5.32 Å². The van der Waals surface area contributed by atoms with Crippen molar-refractivity contribution < 1.29 is 0 Å². The van der Waals surface area contributed by atoms with Crippen LogP contribution in [0.25, 0.3) is 0 Å². The summed E-state index contributed by atoms with van der Waals surface area (Å²) in [5.41, 5.74) is 2.53. The Labute approximate surface area is 123 Å². The maximum atomic E-state index is 6.10. The molecule has 0 aliphatic rings. The fraction of sp³-hybridized carbons (Fsp3) is 0.267. The van der Waals surface area contributed by atoms with Crippen LogP contribution in [0.1, 0.15) is 31.0 Å². The van der Waals surface area contributed by atoms with Crippen LogP contribution in [0.15, 0.2) is 36.5 Å². The van der Waals surface area contributed by atoms with Crippen LogP contribution in [0.5, 0.6) is 0 Å². The van der Waals surface area contributed by atoms with Crippen molar-refractivity contribution in [1.29, 1.82) is 0 Å². The highest BCUT2D eigenvalue weighted by molar-refractivity contribution is 6.35. The molecule has 100 valence electrons. The van der Waals surface area contributed by atoms with E-state index in [4.69, 9.17) is 23.2 Å². The predicted molar refractivity (Wildman–Crippen MR) is 82.1 cm³/mol. The number of hydrogen-bond acceptors (Lipinski definition) is 2. The molecule has 0 fully saturated rings. The smallest absolute Gasteiger partial charge is 0.145 e. The van der Waals surface area contributed by atoms with Gasteiger partial charge in [0.1, 0.15) is 5.82 Å². The number of anilines is 1. The van der Waals surface area contributed by atoms with Gasteiger partial charge in [0, 0.05) is 12.2 Å². The van der Waals surface area contributed by atoms with Gasteiger partial charge in [0.15, 0.2) is 0 Å². The second kappa shape index (κ2) is 6.27. The quantitative estimate of drug-likeness (QED) is 0.846. The monoisotopic (exact) mass is 294 g/mol. The molecule has 19 heavy (non-hydrogen) atoms. The van der Waals surface area contributed by atoms with Crippen LogP contribution in [0.2, 0.25) is 10.0 Å². The van der Waals surface area contributed by atoms with Gasteiger partial charge in [0.2, 0.25) is 0 Å². The minimum absolute atomic E-state index is 0.136. The Balaban J connectivity index is 2.13. The van der Waals surface area contributed by atoms with E-state index >= 15 is 0 Å². The van der Waals surface area contributed by atoms with E-state index in [1.54, 1.807) is 12.3 Å². The Morgan fingerprint density at radius 3 is 2.47 bits per heavy atom. The van der Waals surface area contributed by atoms with Crippen LogP contribution >= 0.6 is 23.2 Å². The Hall–Kier alpha value is -1.25. The molecule has 0 saturated carbocycles. The van der Waals surface area contributed by atoms with Crippen molar-refractivity contribution in [3.05, 3.63) is 57.7 Å². The number of hydrogen-bond donors (Lipinski definition) is 1. The molecule has 1 unspecified atom stereocenters. The molecule has 2 rings (SSSR count). The Kier molecular flexibility index (Phi) is 4.67. The van der Waals surface area contributed by atoms with E-state index in [1.807, 2.05) is 0 Å². The van der Waals surface area contributed by atoms with Gasteiger partial charge in [0.05, 0.1) is 10.0 Å². The van der Waals surface area contributed by atoms with Crippen LogP contribution in [0.4, 0.5) is 5.82 Å². The first kappa shape index (κ1) is 14.2. The van der Waals surface area contributed by atoms with E-state index in [2.05, 4.69) is 48.4 Å². The highest BCUT2D eigenvalue weighted by Crippen LogP contribution is 2.26. The van der Waals surface area contributed by atoms with Crippen molar-refractivity contribution in [2.45, 2.75) is 26.3 Å². The van der Waals surface area contributed by atoms with E-state index in [9.17, 15) is 0 Å². The average molecular weight is 295 g/mol. The lowest BCUT2D eigenvalue weighted by molar-refractivity contribution is 0.873. The topological polar surface area (TPSA) is 24.9 Å². The summed E-state index contributed by atoms with van der Waals surface area (Å²) >= 11 is 11.9. The van der Waals surface area contributed by atoms with Crippen LogP contribution in [-0.4, -0.2) is 4.98 Å². The van der Waals surface area contributed by atoms with Gasteiger partial charge in [-0.25, -0.2) is 4.98 Å². The number of nitrogens with zero attached hydrogens (tertiary/aromatic N) is 1. The first-order chi connectivity index (χ1) is 9.10. The largest absolute Gasteiger partial charge is 0.362 e. The molecule has 0 spiro atoms. The normalized spacial score (nSPS) is 12.2. The zero-order valence-electron chi connectivity index (χ0n) is 11.0. The molecule has 1 atom stereocenters. The summed E-state index contributed by atoms with van der Waals surface area (Å²) < 4.78 is 0. The summed E-state index contributed by atoms with van der Waals surface area (Å²) in [5.74, 6) is 0.651. The Morgan fingerprint density at radius 1 is 1.21 bits per heavy atom. The molecule has 0 amide bonds. The number of aryl methyl sites for hydroxylation is 1. The zero-order chi connectivity index (χ0) is 13.8. The van der Waals surface area contributed by atoms with E-state index in [0.717, 1.165) is 6.42 Å². The number of benzene rings is 1. The van der Waals surface area contributed by atoms with E-state index in [1.165, 1.54) is 11.1 Å². The molecule has 0 bridgehead atoms. The van der Waals surface area contributed by atoms with Crippen molar-refractivity contribution in [3.63, 3.8) is 0 Å². The molecule has 0 aliphatic carbocycles. The average Bonchev–Trinajstić information content (AvgIpc) is 2.42. The van der Waals surface area contributed by atoms with Crippen LogP contribution in [0.3, 0.4) is 0 Å². The Morgan fingerprint density at radius 2 is 1.89 bits per heavy atom. The first-order valence-electron chi connectivity index (χ1n) is 6.26. The molecule has 0 saturated heterocycles. The molecule has 1 heterocycles. The maximum absolute atomic E-state index is 6.10. The van der Waals surface area contributed by atoms with Gasteiger partial charge in [-0.2, -0.15) is 0 Å². The number of rotatable bonds is 4. The summed E-state index contributed by atoms with van der Waals surface area (Å²) in [7, 11) is 0. The van der Waals surface area contributed by atoms with Gasteiger partial charge >= 0.3 is 0 Å². The molecule has 1 N–H and O–H groups in total. The summed E-state index contributed by atoms with van der Waals surface area (Å²) in [5, 5.41) is 4.36. The summed E-state index contributed by atoms with van der Waals surface area (Å²) in [6, 6.07) is 10.4. The zero-order valence-corrected chi connectivity index (χ0v) is 12.5. The molecule has 2 aromatic rings. The van der Waals surface area contributed by atoms with Gasteiger partial charge in [-0.1, -0.05) is 54.4 Å². The van der Waals surface area contributed by atoms with Crippen LogP contribution in [0, 0.1) is 0 Å². The SMILES string of the molecule is CCc1ccc(C(C)Nc2ncc(Cl)cc2Cl)cc1. The van der Waals surface area contributed by atoms with Gasteiger partial charge in [-0.05, 0) is 30.5 Å². The molecule has 1 aromatic heterocycles. The number of pyridine rings is 1. The minimum Gasteiger partial charge on any atom is -0.362 e. The number of nitrogens with one attached hydrogen (secondary N) is 1. The molecular weight excluding hydrogens is 279 g/mol. The van der Waals surface area contributed by atoms with Crippen molar-refractivity contribution in [1.82, 2.24) is 4.98 Å². The summed E-state index contributed by atoms with van der Waals surface area (Å²) in [4.78, 5) is 4.20. The van der Waals surface area contributed by atoms with Crippen molar-refractivity contribution in [3.8, 4) is 0 Å². The highest BCUT2D eigenvalue weighted by Gasteiger charge is 2.09. The molecular formula is C15H16Cl2N2. The van der Waals surface area contributed by atoms with Gasteiger partial charge in [-0.3, -0.25) is 0 Å². The molecule has 0 radical (unpaired) electrons. The summed E-state index contributed by atoms with van der Waals surface area (Å²) in [6.07, 6.45) is 2.63. The molecule has 1 aromatic carbocycles. The van der Waals surface area contributed by atoms with Crippen molar-refractivity contribution >= 4 is 29.0 Å². The standard InChI is InChI=1S/C15H16Cl2N2/c1-3-11-4-6-12(7-5-11)10(2)19-15-14(17)8-13(16)9-18-15/h4-10H,3H2,1-2H3,(H,18,19). The number of aromatic nitrogens is 1. The third kappa shape index (κ3) is 3.62. The van der Waals surface area contributed by atoms with Crippen molar-refractivity contribution in [2.24, 2.45) is 0 Å². The lowest BCUT2D eigenvalue weighted by Crippen LogP contribution is -2.08. The van der Waals surface area contributed by atoms with Crippen LogP contribution < -0.4 is 5.32 Å². The van der Waals surface area contributed by atoms with Gasteiger partial charge in [-0.15, -0.1) is 0 Å². The van der Waals surface area contributed by atoms with E-state index in [-0.39, 0.29) is 6.04 Å². The lowest BCUT2D eigenvalue weighted by Gasteiger charge is -2.16. The third-order valence-corrected chi connectivity index (χ3v) is 3.54. The van der Waals surface area contributed by atoms with Crippen LogP contribution in [-0.2, 0) is 6.42 Å². The first-order valence-corrected chi connectivity index (χ1v) is 7.02. The van der Waals surface area contributed by atoms with E-state index < -0.39 is 0 Å². The minimum atomic E-state index is 0.136. The Bertz CT molecular complexity index is 553. The predicted octanol–water partition coefficient (Wildman–Crippen LogP) is 5.12.